The number of thioether (sulfide) groups is 1. The predicted molar refractivity (Wildman–Crippen MR) is 76.8 cm³/mol. The Kier molecular flexibility index (Phi) is 2.66. The third-order valence-corrected chi connectivity index (χ3v) is 6.23. The third-order valence-electron chi connectivity index (χ3n) is 3.41. The summed E-state index contributed by atoms with van der Waals surface area (Å²) in [5, 5.41) is 10.7. The number of carbonyl (C=O) groups is 1. The first-order valence-electron chi connectivity index (χ1n) is 6.43. The first kappa shape index (κ1) is 11.5. The highest BCUT2D eigenvalue weighted by Gasteiger charge is 2.31. The molecule has 1 aliphatic heterocycles. The van der Waals surface area contributed by atoms with E-state index in [1.165, 1.54) is 27.5 Å². The Hall–Kier alpha value is -1.27. The molecule has 2 aliphatic rings. The summed E-state index contributed by atoms with van der Waals surface area (Å²) in [7, 11) is 0. The number of amides is 1. The van der Waals surface area contributed by atoms with Gasteiger partial charge in [0.25, 0.3) is 5.91 Å². The maximum atomic E-state index is 12.1. The summed E-state index contributed by atoms with van der Waals surface area (Å²) in [6.45, 7) is 0.733. The molecular formula is C13H13N3OS2. The number of hydrogen-bond donors (Lipinski definition) is 2. The topological polar surface area (TPSA) is 57.8 Å². The Morgan fingerprint density at radius 2 is 2.32 bits per heavy atom. The highest BCUT2D eigenvalue weighted by molar-refractivity contribution is 8.02. The molecule has 0 bridgehead atoms. The van der Waals surface area contributed by atoms with E-state index in [1.54, 1.807) is 17.5 Å². The monoisotopic (exact) mass is 291 g/mol. The number of fused-ring (bicyclic) bond motifs is 1. The molecule has 1 saturated carbocycles. The molecule has 0 atom stereocenters. The van der Waals surface area contributed by atoms with Gasteiger partial charge in [-0.05, 0) is 30.9 Å². The highest BCUT2D eigenvalue weighted by Crippen LogP contribution is 2.48. The lowest BCUT2D eigenvalue weighted by Crippen LogP contribution is -2.31. The molecular weight excluding hydrogens is 278 g/mol. The molecule has 0 radical (unpaired) electrons. The molecule has 2 aromatic heterocycles. The van der Waals surface area contributed by atoms with Crippen molar-refractivity contribution in [2.24, 2.45) is 0 Å². The first-order chi connectivity index (χ1) is 9.33. The van der Waals surface area contributed by atoms with Crippen molar-refractivity contribution >= 4 is 29.0 Å². The molecule has 1 amide bonds. The van der Waals surface area contributed by atoms with E-state index in [0.29, 0.717) is 5.25 Å². The van der Waals surface area contributed by atoms with Gasteiger partial charge in [-0.3, -0.25) is 9.89 Å². The van der Waals surface area contributed by atoms with Crippen LogP contribution < -0.4 is 5.32 Å². The van der Waals surface area contributed by atoms with E-state index in [0.717, 1.165) is 24.2 Å². The molecule has 1 fully saturated rings. The lowest BCUT2D eigenvalue weighted by Gasteiger charge is -2.14. The molecule has 1 aliphatic carbocycles. The SMILES string of the molecule is O=C1NCCc2c(-c3ccn[nH]3)sc(SC3CC3)c21. The summed E-state index contributed by atoms with van der Waals surface area (Å²) >= 11 is 3.61. The van der Waals surface area contributed by atoms with Gasteiger partial charge in [-0.25, -0.2) is 0 Å². The van der Waals surface area contributed by atoms with Gasteiger partial charge in [-0.2, -0.15) is 5.10 Å². The molecule has 98 valence electrons. The molecule has 6 heteroatoms. The van der Waals surface area contributed by atoms with Crippen LogP contribution in [0.25, 0.3) is 10.6 Å². The number of aromatic amines is 1. The molecule has 0 aromatic carbocycles. The van der Waals surface area contributed by atoms with Crippen molar-refractivity contribution in [3.8, 4) is 10.6 Å². The molecule has 3 heterocycles. The number of nitrogens with zero attached hydrogens (tertiary/aromatic N) is 1. The van der Waals surface area contributed by atoms with Gasteiger partial charge in [0.2, 0.25) is 0 Å². The van der Waals surface area contributed by atoms with E-state index in [-0.39, 0.29) is 5.91 Å². The van der Waals surface area contributed by atoms with Crippen LogP contribution in [0.3, 0.4) is 0 Å². The van der Waals surface area contributed by atoms with Gasteiger partial charge in [0.1, 0.15) is 0 Å². The van der Waals surface area contributed by atoms with Crippen molar-refractivity contribution in [3.05, 3.63) is 23.4 Å². The Balaban J connectivity index is 1.85. The number of H-pyrrole nitrogens is 1. The maximum absolute atomic E-state index is 12.1. The minimum Gasteiger partial charge on any atom is -0.352 e. The quantitative estimate of drug-likeness (QED) is 0.914. The van der Waals surface area contributed by atoms with Gasteiger partial charge in [0.05, 0.1) is 20.3 Å². The smallest absolute Gasteiger partial charge is 0.253 e. The molecule has 0 spiro atoms. The standard InChI is InChI=1S/C13H13N3OS2/c17-12-10-8(3-5-14-12)11(9-4-6-15-16-9)19-13(10)18-7-1-2-7/h4,6-7H,1-3,5H2,(H,14,17)(H,15,16). The van der Waals surface area contributed by atoms with Crippen molar-refractivity contribution < 1.29 is 4.79 Å². The Labute approximate surface area is 119 Å². The van der Waals surface area contributed by atoms with Crippen LogP contribution in [-0.4, -0.2) is 27.9 Å². The van der Waals surface area contributed by atoms with Gasteiger partial charge in [0, 0.05) is 18.0 Å². The van der Waals surface area contributed by atoms with Gasteiger partial charge >= 0.3 is 0 Å². The van der Waals surface area contributed by atoms with Crippen molar-refractivity contribution in [2.75, 3.05) is 6.54 Å². The van der Waals surface area contributed by atoms with Crippen LogP contribution in [-0.2, 0) is 6.42 Å². The second-order valence-corrected chi connectivity index (χ2v) is 7.46. The number of aromatic nitrogens is 2. The van der Waals surface area contributed by atoms with Crippen LogP contribution >= 0.6 is 23.1 Å². The lowest BCUT2D eigenvalue weighted by atomic mass is 10.0. The van der Waals surface area contributed by atoms with Gasteiger partial charge in [-0.1, -0.05) is 0 Å². The van der Waals surface area contributed by atoms with E-state index in [9.17, 15) is 4.79 Å². The summed E-state index contributed by atoms with van der Waals surface area (Å²) in [6, 6.07) is 1.98. The minimum atomic E-state index is 0.0893. The van der Waals surface area contributed by atoms with Gasteiger partial charge < -0.3 is 5.32 Å². The van der Waals surface area contributed by atoms with E-state index < -0.39 is 0 Å². The summed E-state index contributed by atoms with van der Waals surface area (Å²) in [4.78, 5) is 13.3. The fourth-order valence-corrected chi connectivity index (χ4v) is 5.23. The second-order valence-electron chi connectivity index (χ2n) is 4.87. The zero-order valence-electron chi connectivity index (χ0n) is 10.2. The van der Waals surface area contributed by atoms with E-state index in [1.807, 2.05) is 17.8 Å². The van der Waals surface area contributed by atoms with Gasteiger partial charge in [0.15, 0.2) is 0 Å². The Morgan fingerprint density at radius 1 is 1.42 bits per heavy atom. The van der Waals surface area contributed by atoms with E-state index in [4.69, 9.17) is 0 Å². The van der Waals surface area contributed by atoms with Crippen molar-refractivity contribution in [3.63, 3.8) is 0 Å². The first-order valence-corrected chi connectivity index (χ1v) is 8.13. The molecule has 2 aromatic rings. The van der Waals surface area contributed by atoms with Crippen LogP contribution in [0.5, 0.6) is 0 Å². The normalized spacial score (nSPS) is 18.2. The van der Waals surface area contributed by atoms with Crippen LogP contribution in [0.1, 0.15) is 28.8 Å². The molecule has 4 nitrogen and oxygen atoms in total. The Morgan fingerprint density at radius 3 is 3.05 bits per heavy atom. The van der Waals surface area contributed by atoms with Crippen LogP contribution in [0.4, 0.5) is 0 Å². The molecule has 19 heavy (non-hydrogen) atoms. The summed E-state index contributed by atoms with van der Waals surface area (Å²) < 4.78 is 1.18. The largest absolute Gasteiger partial charge is 0.352 e. The fraction of sp³-hybridized carbons (Fsp3) is 0.385. The lowest BCUT2D eigenvalue weighted by molar-refractivity contribution is 0.0944. The fourth-order valence-electron chi connectivity index (χ4n) is 2.32. The maximum Gasteiger partial charge on any atom is 0.253 e. The number of carbonyl (C=O) groups excluding carboxylic acids is 1. The van der Waals surface area contributed by atoms with Crippen molar-refractivity contribution in [1.82, 2.24) is 15.5 Å². The van der Waals surface area contributed by atoms with E-state index in [2.05, 4.69) is 15.5 Å². The van der Waals surface area contributed by atoms with E-state index >= 15 is 0 Å². The number of rotatable bonds is 3. The summed E-state index contributed by atoms with van der Waals surface area (Å²) in [5.41, 5.74) is 3.14. The van der Waals surface area contributed by atoms with Crippen LogP contribution in [0, 0.1) is 0 Å². The zero-order valence-corrected chi connectivity index (χ0v) is 11.9. The second kappa shape index (κ2) is 4.38. The van der Waals surface area contributed by atoms with Gasteiger partial charge in [-0.15, -0.1) is 23.1 Å². The number of thiophene rings is 1. The number of hydrogen-bond acceptors (Lipinski definition) is 4. The predicted octanol–water partition coefficient (Wildman–Crippen LogP) is 2.68. The molecule has 2 N–H and O–H groups in total. The average molecular weight is 291 g/mol. The minimum absolute atomic E-state index is 0.0893. The van der Waals surface area contributed by atoms with Crippen molar-refractivity contribution in [2.45, 2.75) is 28.7 Å². The molecule has 0 unspecified atom stereocenters. The Bertz CT molecular complexity index is 629. The molecule has 4 rings (SSSR count). The average Bonchev–Trinajstić information content (AvgIpc) is 2.91. The van der Waals surface area contributed by atoms with Crippen LogP contribution in [0.2, 0.25) is 0 Å². The third kappa shape index (κ3) is 1.99. The summed E-state index contributed by atoms with van der Waals surface area (Å²) in [6.07, 6.45) is 5.23. The molecule has 0 saturated heterocycles. The van der Waals surface area contributed by atoms with Crippen molar-refractivity contribution in [1.29, 1.82) is 0 Å². The highest BCUT2D eigenvalue weighted by atomic mass is 32.2. The summed E-state index contributed by atoms with van der Waals surface area (Å²) in [5.74, 6) is 0.0893. The zero-order chi connectivity index (χ0) is 12.8. The van der Waals surface area contributed by atoms with Crippen LogP contribution in [0.15, 0.2) is 16.5 Å². The number of nitrogens with one attached hydrogen (secondary N) is 2.